The molecule has 0 aromatic carbocycles. The number of Topliss-reactive ketones (excluding diaryl/α,β-unsaturated/α-hetero) is 1. The molecule has 1 aromatic rings. The van der Waals surface area contributed by atoms with Crippen LogP contribution in [-0.2, 0) is 30.2 Å². The minimum Gasteiger partial charge on any atom is -0.465 e. The van der Waals surface area contributed by atoms with Gasteiger partial charge in [0.2, 0.25) is 5.79 Å². The molecule has 1 fully saturated rings. The summed E-state index contributed by atoms with van der Waals surface area (Å²) in [6.07, 6.45) is 0.934. The molecule has 1 unspecified atom stereocenters. The Bertz CT molecular complexity index is 1210. The van der Waals surface area contributed by atoms with Crippen molar-refractivity contribution in [2.45, 2.75) is 126 Å². The molecule has 7 heteroatoms. The molecule has 2 aliphatic rings. The number of carbonyl (C=O) groups is 2. The molecule has 3 heterocycles. The van der Waals surface area contributed by atoms with Gasteiger partial charge in [-0.3, -0.25) is 14.4 Å². The second-order valence-corrected chi connectivity index (χ2v) is 12.3. The number of carbonyl (C=O) groups excluding carboxylic acids is 2. The molecule has 0 aliphatic carbocycles. The summed E-state index contributed by atoms with van der Waals surface area (Å²) in [4.78, 5) is 40.0. The van der Waals surface area contributed by atoms with Crippen molar-refractivity contribution < 1.29 is 28.2 Å². The van der Waals surface area contributed by atoms with Crippen molar-refractivity contribution in [3.8, 4) is 0 Å². The standard InChI is InChI=1S/C33H50O7/c1-13-16(4)28-20(8)27(35)23(11)33(39-28)24(12)31(38-32(36)17(5)14-2)22(10)30(40-33)21(9)29-19(7)26(34)18(6)25(15-3)37-29/h16-17,21-24,30-31H,13-15H2,1-12H3/t16-,17?,21+,22-,23-,24+,30+,31+,33-/m1/s1. The quantitative estimate of drug-likeness (QED) is 0.324. The van der Waals surface area contributed by atoms with Gasteiger partial charge in [-0.2, -0.15) is 0 Å². The van der Waals surface area contributed by atoms with Gasteiger partial charge >= 0.3 is 5.97 Å². The van der Waals surface area contributed by atoms with Crippen molar-refractivity contribution >= 4 is 11.8 Å². The van der Waals surface area contributed by atoms with Gasteiger partial charge in [0.25, 0.3) is 0 Å². The van der Waals surface area contributed by atoms with Crippen LogP contribution in [0, 0.1) is 43.4 Å². The van der Waals surface area contributed by atoms with Gasteiger partial charge in [0.15, 0.2) is 11.2 Å². The summed E-state index contributed by atoms with van der Waals surface area (Å²) in [5.74, 6) is -1.71. The van der Waals surface area contributed by atoms with E-state index in [1.54, 1.807) is 13.8 Å². The number of ether oxygens (including phenoxy) is 3. The van der Waals surface area contributed by atoms with Crippen molar-refractivity contribution in [3.63, 3.8) is 0 Å². The Morgan fingerprint density at radius 3 is 2.15 bits per heavy atom. The fourth-order valence-electron chi connectivity index (χ4n) is 6.44. The van der Waals surface area contributed by atoms with Gasteiger partial charge in [-0.05, 0) is 40.5 Å². The van der Waals surface area contributed by atoms with E-state index < -0.39 is 29.8 Å². The average Bonchev–Trinajstić information content (AvgIpc) is 2.95. The number of ketones is 1. The molecule has 0 amide bonds. The van der Waals surface area contributed by atoms with Crippen molar-refractivity contribution in [1.82, 2.24) is 0 Å². The van der Waals surface area contributed by atoms with E-state index in [9.17, 15) is 14.4 Å². The van der Waals surface area contributed by atoms with Crippen molar-refractivity contribution in [2.75, 3.05) is 0 Å². The second-order valence-electron chi connectivity index (χ2n) is 12.3. The van der Waals surface area contributed by atoms with Gasteiger partial charge in [-0.25, -0.2) is 0 Å². The Kier molecular flexibility index (Phi) is 9.81. The molecule has 1 saturated heterocycles. The minimum absolute atomic E-state index is 0.0185. The van der Waals surface area contributed by atoms with Crippen LogP contribution in [0.4, 0.5) is 0 Å². The highest BCUT2D eigenvalue weighted by Crippen LogP contribution is 2.52. The van der Waals surface area contributed by atoms with E-state index in [-0.39, 0.29) is 40.9 Å². The highest BCUT2D eigenvalue weighted by Gasteiger charge is 2.62. The number of aryl methyl sites for hydroxylation is 1. The number of hydrogen-bond acceptors (Lipinski definition) is 7. The molecule has 0 N–H and O–H groups in total. The van der Waals surface area contributed by atoms with Crippen molar-refractivity contribution in [1.29, 1.82) is 0 Å². The summed E-state index contributed by atoms with van der Waals surface area (Å²) in [6, 6.07) is 0. The first-order chi connectivity index (χ1) is 18.7. The first-order valence-electron chi connectivity index (χ1n) is 15.1. The molecule has 1 aromatic heterocycles. The Hall–Kier alpha value is -2.41. The average molecular weight is 559 g/mol. The van der Waals surface area contributed by atoms with E-state index in [1.165, 1.54) is 0 Å². The molecule has 1 spiro atoms. The Morgan fingerprint density at radius 1 is 0.975 bits per heavy atom. The van der Waals surface area contributed by atoms with Crippen LogP contribution in [-0.4, -0.2) is 29.7 Å². The highest BCUT2D eigenvalue weighted by molar-refractivity contribution is 5.98. The van der Waals surface area contributed by atoms with Crippen LogP contribution in [0.1, 0.15) is 111 Å². The van der Waals surface area contributed by atoms with Gasteiger partial charge in [-0.15, -0.1) is 0 Å². The van der Waals surface area contributed by atoms with Crippen LogP contribution < -0.4 is 5.43 Å². The van der Waals surface area contributed by atoms with Crippen LogP contribution in [0.3, 0.4) is 0 Å². The molecule has 40 heavy (non-hydrogen) atoms. The third-order valence-corrected chi connectivity index (χ3v) is 9.75. The Labute approximate surface area is 240 Å². The van der Waals surface area contributed by atoms with E-state index in [2.05, 4.69) is 6.92 Å². The fraction of sp³-hybridized carbons (Fsp3) is 0.727. The normalized spacial score (nSPS) is 31.1. The van der Waals surface area contributed by atoms with Gasteiger partial charge < -0.3 is 18.6 Å². The van der Waals surface area contributed by atoms with Crippen LogP contribution in [0.15, 0.2) is 20.5 Å². The molecule has 0 radical (unpaired) electrons. The molecular formula is C33H50O7. The first kappa shape index (κ1) is 32.1. The fourth-order valence-corrected chi connectivity index (χ4v) is 6.44. The predicted octanol–water partition coefficient (Wildman–Crippen LogP) is 6.80. The van der Waals surface area contributed by atoms with Gasteiger partial charge in [-0.1, -0.05) is 55.4 Å². The van der Waals surface area contributed by atoms with E-state index in [4.69, 9.17) is 18.6 Å². The summed E-state index contributed by atoms with van der Waals surface area (Å²) < 4.78 is 26.4. The molecular weight excluding hydrogens is 508 g/mol. The zero-order chi connectivity index (χ0) is 30.3. The largest absolute Gasteiger partial charge is 0.465 e. The molecule has 3 rings (SSSR count). The van der Waals surface area contributed by atoms with E-state index >= 15 is 0 Å². The van der Waals surface area contributed by atoms with Gasteiger partial charge in [0.05, 0.1) is 23.9 Å². The summed E-state index contributed by atoms with van der Waals surface area (Å²) in [7, 11) is 0. The predicted molar refractivity (Wildman–Crippen MR) is 155 cm³/mol. The highest BCUT2D eigenvalue weighted by atomic mass is 16.7. The first-order valence-corrected chi connectivity index (χ1v) is 15.1. The lowest BCUT2D eigenvalue weighted by Crippen LogP contribution is -2.65. The maximum Gasteiger partial charge on any atom is 0.308 e. The molecule has 0 bridgehead atoms. The van der Waals surface area contributed by atoms with Crippen molar-refractivity contribution in [3.05, 3.63) is 44.2 Å². The Balaban J connectivity index is 2.20. The molecule has 2 aliphatic heterocycles. The van der Waals surface area contributed by atoms with Crippen LogP contribution in [0.5, 0.6) is 0 Å². The van der Waals surface area contributed by atoms with E-state index in [0.29, 0.717) is 46.8 Å². The number of hydrogen-bond donors (Lipinski definition) is 0. The van der Waals surface area contributed by atoms with Crippen LogP contribution >= 0.6 is 0 Å². The second kappa shape index (κ2) is 12.2. The monoisotopic (exact) mass is 558 g/mol. The molecule has 7 nitrogen and oxygen atoms in total. The van der Waals surface area contributed by atoms with Crippen molar-refractivity contribution in [2.24, 2.45) is 29.6 Å². The van der Waals surface area contributed by atoms with E-state index in [1.807, 2.05) is 62.3 Å². The zero-order valence-corrected chi connectivity index (χ0v) is 26.6. The smallest absolute Gasteiger partial charge is 0.308 e. The van der Waals surface area contributed by atoms with Gasteiger partial charge in [0, 0.05) is 40.9 Å². The number of allylic oxidation sites excluding steroid dienone is 2. The summed E-state index contributed by atoms with van der Waals surface area (Å²) in [6.45, 7) is 23.1. The topological polar surface area (TPSA) is 92.0 Å². The zero-order valence-electron chi connectivity index (χ0n) is 26.6. The molecule has 9 atom stereocenters. The lowest BCUT2D eigenvalue weighted by atomic mass is 9.70. The third-order valence-electron chi connectivity index (χ3n) is 9.75. The number of esters is 1. The maximum absolute atomic E-state index is 13.7. The SMILES string of the molecule is CCc1oc([C@H](C)[C@@H]2O[C@@]3(OC([C@H](C)CC)=C(C)C(=O)[C@H]3C)[C@@H](C)[C@@H](OC(=O)C(C)CC)[C@@H]2C)c(C)c(=O)c1C. The minimum atomic E-state index is -1.34. The number of rotatable bonds is 8. The summed E-state index contributed by atoms with van der Waals surface area (Å²) in [5, 5.41) is 0. The summed E-state index contributed by atoms with van der Waals surface area (Å²) >= 11 is 0. The van der Waals surface area contributed by atoms with Crippen LogP contribution in [0.2, 0.25) is 0 Å². The van der Waals surface area contributed by atoms with E-state index in [0.717, 1.165) is 6.42 Å². The molecule has 224 valence electrons. The third kappa shape index (κ3) is 5.31. The van der Waals surface area contributed by atoms with Gasteiger partial charge in [0.1, 0.15) is 23.4 Å². The maximum atomic E-state index is 13.7. The Morgan fingerprint density at radius 2 is 1.60 bits per heavy atom. The molecule has 0 saturated carbocycles. The van der Waals surface area contributed by atoms with Crippen LogP contribution in [0.25, 0.3) is 0 Å². The lowest BCUT2D eigenvalue weighted by Gasteiger charge is -2.56. The summed E-state index contributed by atoms with van der Waals surface area (Å²) in [5.41, 5.74) is 1.75. The lowest BCUT2D eigenvalue weighted by molar-refractivity contribution is -0.347.